The van der Waals surface area contributed by atoms with Crippen molar-refractivity contribution in [2.24, 2.45) is 5.92 Å². The molecule has 0 bridgehead atoms. The van der Waals surface area contributed by atoms with Gasteiger partial charge in [0.05, 0.1) is 6.10 Å². The minimum Gasteiger partial charge on any atom is -0.375 e. The summed E-state index contributed by atoms with van der Waals surface area (Å²) in [5, 5.41) is 3.04. The standard InChI is InChI=1S/C19H29NO2/c1-15-8-6-7-11-17(15)18(22-2)14-20-19(21)13-12-16-9-4-3-5-10-16/h6-8,11,16,18H,3-5,9-10,12-14H2,1-2H3,(H,20,21). The number of carbonyl (C=O) groups excluding carboxylic acids is 1. The summed E-state index contributed by atoms with van der Waals surface area (Å²) in [6.07, 6.45) is 8.27. The predicted molar refractivity (Wildman–Crippen MR) is 89.7 cm³/mol. The number of methoxy groups -OCH3 is 1. The van der Waals surface area contributed by atoms with Gasteiger partial charge in [-0.3, -0.25) is 4.79 Å². The number of hydrogen-bond acceptors (Lipinski definition) is 2. The summed E-state index contributed by atoms with van der Waals surface area (Å²) in [5.74, 6) is 0.912. The van der Waals surface area contributed by atoms with Crippen LogP contribution in [0.15, 0.2) is 24.3 Å². The third-order valence-corrected chi connectivity index (χ3v) is 4.81. The zero-order valence-corrected chi connectivity index (χ0v) is 13.9. The fourth-order valence-electron chi connectivity index (χ4n) is 3.37. The van der Waals surface area contributed by atoms with Gasteiger partial charge in [0.1, 0.15) is 0 Å². The Morgan fingerprint density at radius 2 is 2.00 bits per heavy atom. The molecule has 0 spiro atoms. The summed E-state index contributed by atoms with van der Waals surface area (Å²) >= 11 is 0. The highest BCUT2D eigenvalue weighted by Gasteiger charge is 2.16. The Hall–Kier alpha value is -1.35. The third kappa shape index (κ3) is 5.13. The lowest BCUT2D eigenvalue weighted by atomic mass is 9.86. The average molecular weight is 303 g/mol. The zero-order valence-electron chi connectivity index (χ0n) is 13.9. The lowest BCUT2D eigenvalue weighted by molar-refractivity contribution is -0.122. The van der Waals surface area contributed by atoms with Crippen molar-refractivity contribution in [2.45, 2.75) is 58.0 Å². The van der Waals surface area contributed by atoms with Crippen LogP contribution in [0.3, 0.4) is 0 Å². The number of ether oxygens (including phenoxy) is 1. The Balaban J connectivity index is 1.75. The number of benzene rings is 1. The van der Waals surface area contributed by atoms with Crippen LogP contribution in [0.4, 0.5) is 0 Å². The van der Waals surface area contributed by atoms with Crippen LogP contribution in [-0.2, 0) is 9.53 Å². The molecule has 0 aromatic heterocycles. The first-order chi connectivity index (χ1) is 10.7. The zero-order chi connectivity index (χ0) is 15.8. The Morgan fingerprint density at radius 1 is 1.27 bits per heavy atom. The molecule has 1 N–H and O–H groups in total. The van der Waals surface area contributed by atoms with Crippen LogP contribution in [0.5, 0.6) is 0 Å². The second kappa shape index (κ2) is 8.94. The van der Waals surface area contributed by atoms with E-state index in [2.05, 4.69) is 24.4 Å². The van der Waals surface area contributed by atoms with Crippen molar-refractivity contribution in [3.05, 3.63) is 35.4 Å². The highest BCUT2D eigenvalue weighted by molar-refractivity contribution is 5.75. The molecule has 1 aliphatic rings. The van der Waals surface area contributed by atoms with Crippen LogP contribution in [0.2, 0.25) is 0 Å². The maximum absolute atomic E-state index is 12.1. The SMILES string of the molecule is COC(CNC(=O)CCC1CCCCC1)c1ccccc1C. The topological polar surface area (TPSA) is 38.3 Å². The normalized spacial score (nSPS) is 17.2. The van der Waals surface area contributed by atoms with Gasteiger partial charge >= 0.3 is 0 Å². The monoisotopic (exact) mass is 303 g/mol. The quantitative estimate of drug-likeness (QED) is 0.821. The first kappa shape index (κ1) is 17.0. The van der Waals surface area contributed by atoms with Crippen molar-refractivity contribution >= 4 is 5.91 Å². The van der Waals surface area contributed by atoms with Crippen LogP contribution >= 0.6 is 0 Å². The van der Waals surface area contributed by atoms with Gasteiger partial charge in [0.25, 0.3) is 0 Å². The van der Waals surface area contributed by atoms with Crippen molar-refractivity contribution in [1.82, 2.24) is 5.32 Å². The average Bonchev–Trinajstić information content (AvgIpc) is 2.56. The molecule has 1 amide bonds. The van der Waals surface area contributed by atoms with Crippen molar-refractivity contribution in [3.8, 4) is 0 Å². The summed E-state index contributed by atoms with van der Waals surface area (Å²) < 4.78 is 5.55. The summed E-state index contributed by atoms with van der Waals surface area (Å²) in [6.45, 7) is 2.62. The Bertz CT molecular complexity index is 466. The van der Waals surface area contributed by atoms with E-state index in [1.807, 2.05) is 12.1 Å². The second-order valence-corrected chi connectivity index (χ2v) is 6.43. The molecule has 122 valence electrons. The van der Waals surface area contributed by atoms with E-state index in [4.69, 9.17) is 4.74 Å². The van der Waals surface area contributed by atoms with E-state index in [0.717, 1.165) is 17.9 Å². The summed E-state index contributed by atoms with van der Waals surface area (Å²) in [5.41, 5.74) is 2.35. The summed E-state index contributed by atoms with van der Waals surface area (Å²) in [4.78, 5) is 12.1. The van der Waals surface area contributed by atoms with E-state index in [1.165, 1.54) is 37.7 Å². The van der Waals surface area contributed by atoms with Crippen LogP contribution in [0.1, 0.15) is 62.2 Å². The predicted octanol–water partition coefficient (Wildman–Crippen LogP) is 4.16. The molecule has 0 heterocycles. The van der Waals surface area contributed by atoms with Crippen molar-refractivity contribution in [2.75, 3.05) is 13.7 Å². The largest absolute Gasteiger partial charge is 0.375 e. The molecule has 1 aliphatic carbocycles. The fraction of sp³-hybridized carbons (Fsp3) is 0.632. The smallest absolute Gasteiger partial charge is 0.220 e. The van der Waals surface area contributed by atoms with Crippen molar-refractivity contribution < 1.29 is 9.53 Å². The molecular weight excluding hydrogens is 274 g/mol. The molecular formula is C19H29NO2. The van der Waals surface area contributed by atoms with Crippen LogP contribution in [0.25, 0.3) is 0 Å². The van der Waals surface area contributed by atoms with E-state index < -0.39 is 0 Å². The summed E-state index contributed by atoms with van der Waals surface area (Å²) in [7, 11) is 1.70. The fourth-order valence-corrected chi connectivity index (χ4v) is 3.37. The number of carbonyl (C=O) groups is 1. The van der Waals surface area contributed by atoms with Crippen molar-refractivity contribution in [3.63, 3.8) is 0 Å². The van der Waals surface area contributed by atoms with Gasteiger partial charge in [0, 0.05) is 20.1 Å². The molecule has 1 unspecified atom stereocenters. The molecule has 3 heteroatoms. The van der Waals surface area contributed by atoms with E-state index in [0.29, 0.717) is 13.0 Å². The van der Waals surface area contributed by atoms with Crippen molar-refractivity contribution in [1.29, 1.82) is 0 Å². The molecule has 1 fully saturated rings. The molecule has 0 saturated heterocycles. The third-order valence-electron chi connectivity index (χ3n) is 4.81. The van der Waals surface area contributed by atoms with E-state index in [-0.39, 0.29) is 12.0 Å². The highest BCUT2D eigenvalue weighted by Crippen LogP contribution is 2.27. The highest BCUT2D eigenvalue weighted by atomic mass is 16.5. The number of aryl methyl sites for hydroxylation is 1. The molecule has 0 aliphatic heterocycles. The van der Waals surface area contributed by atoms with E-state index in [9.17, 15) is 4.79 Å². The first-order valence-electron chi connectivity index (χ1n) is 8.55. The molecule has 3 nitrogen and oxygen atoms in total. The van der Waals surface area contributed by atoms with Crippen LogP contribution in [0, 0.1) is 12.8 Å². The van der Waals surface area contributed by atoms with Gasteiger partial charge in [0.2, 0.25) is 5.91 Å². The lowest BCUT2D eigenvalue weighted by Gasteiger charge is -2.22. The van der Waals surface area contributed by atoms with E-state index >= 15 is 0 Å². The molecule has 1 saturated carbocycles. The minimum absolute atomic E-state index is 0.0696. The number of nitrogens with one attached hydrogen (secondary N) is 1. The Kier molecular flexibility index (Phi) is 6.91. The lowest BCUT2D eigenvalue weighted by Crippen LogP contribution is -2.29. The molecule has 0 radical (unpaired) electrons. The van der Waals surface area contributed by atoms with Crippen LogP contribution in [-0.4, -0.2) is 19.6 Å². The molecule has 1 aromatic carbocycles. The first-order valence-corrected chi connectivity index (χ1v) is 8.55. The van der Waals surface area contributed by atoms with Gasteiger partial charge < -0.3 is 10.1 Å². The van der Waals surface area contributed by atoms with Gasteiger partial charge in [0.15, 0.2) is 0 Å². The van der Waals surface area contributed by atoms with Gasteiger partial charge in [-0.2, -0.15) is 0 Å². The number of rotatable bonds is 7. The Labute approximate surface area is 134 Å². The second-order valence-electron chi connectivity index (χ2n) is 6.43. The maximum Gasteiger partial charge on any atom is 0.220 e. The van der Waals surface area contributed by atoms with Gasteiger partial charge in [-0.05, 0) is 30.4 Å². The Morgan fingerprint density at radius 3 is 2.68 bits per heavy atom. The van der Waals surface area contributed by atoms with Gasteiger partial charge in [-0.1, -0.05) is 56.4 Å². The van der Waals surface area contributed by atoms with Gasteiger partial charge in [-0.15, -0.1) is 0 Å². The van der Waals surface area contributed by atoms with Crippen LogP contribution < -0.4 is 5.32 Å². The molecule has 1 atom stereocenters. The minimum atomic E-state index is -0.0696. The van der Waals surface area contributed by atoms with E-state index in [1.54, 1.807) is 7.11 Å². The molecule has 1 aromatic rings. The molecule has 2 rings (SSSR count). The summed E-state index contributed by atoms with van der Waals surface area (Å²) in [6, 6.07) is 8.18. The number of hydrogen-bond donors (Lipinski definition) is 1. The number of amides is 1. The molecule has 22 heavy (non-hydrogen) atoms. The van der Waals surface area contributed by atoms with Gasteiger partial charge in [-0.25, -0.2) is 0 Å². The maximum atomic E-state index is 12.1.